The van der Waals surface area contributed by atoms with E-state index in [4.69, 9.17) is 0 Å². The van der Waals surface area contributed by atoms with Crippen LogP contribution in [0.3, 0.4) is 0 Å². The third-order valence-corrected chi connectivity index (χ3v) is 12.5. The maximum absolute atomic E-state index is 4.35. The molecule has 0 atom stereocenters. The predicted molar refractivity (Wildman–Crippen MR) is 129 cm³/mol. The van der Waals surface area contributed by atoms with E-state index in [2.05, 4.69) is 99.7 Å². The number of aromatic nitrogens is 3. The van der Waals surface area contributed by atoms with Crippen molar-refractivity contribution in [1.29, 1.82) is 0 Å². The van der Waals surface area contributed by atoms with Crippen LogP contribution in [0, 0.1) is 11.5 Å². The Balaban J connectivity index is 1.79. The van der Waals surface area contributed by atoms with Crippen molar-refractivity contribution in [3.8, 4) is 22.7 Å². The molecule has 3 rings (SSSR count). The van der Waals surface area contributed by atoms with Gasteiger partial charge in [-0.1, -0.05) is 95.1 Å². The van der Waals surface area contributed by atoms with Crippen molar-refractivity contribution in [2.24, 2.45) is 0 Å². The van der Waals surface area contributed by atoms with Crippen LogP contribution in [0.25, 0.3) is 11.3 Å². The first-order valence-electron chi connectivity index (χ1n) is 10.9. The van der Waals surface area contributed by atoms with E-state index < -0.39 is 8.07 Å². The van der Waals surface area contributed by atoms with E-state index in [1.807, 2.05) is 29.1 Å². The van der Waals surface area contributed by atoms with Gasteiger partial charge in [0.1, 0.15) is 13.8 Å². The molecule has 156 valence electrons. The number of nitrogens with zero attached hydrogens (tertiary/aromatic N) is 3. The Morgan fingerprint density at radius 1 is 0.833 bits per heavy atom. The zero-order valence-corrected chi connectivity index (χ0v) is 20.1. The van der Waals surface area contributed by atoms with Gasteiger partial charge in [0, 0.05) is 11.1 Å². The van der Waals surface area contributed by atoms with Gasteiger partial charge in [-0.25, -0.2) is 4.68 Å². The van der Waals surface area contributed by atoms with Gasteiger partial charge in [-0.05, 0) is 34.3 Å². The summed E-state index contributed by atoms with van der Waals surface area (Å²) in [6.45, 7) is 14.8. The van der Waals surface area contributed by atoms with Crippen molar-refractivity contribution < 1.29 is 0 Å². The molecule has 0 saturated heterocycles. The Morgan fingerprint density at radius 2 is 1.43 bits per heavy atom. The maximum Gasteiger partial charge on any atom is 0.146 e. The second-order valence-electron chi connectivity index (χ2n) is 9.01. The molecule has 0 aliphatic carbocycles. The third-order valence-electron chi connectivity index (χ3n) is 6.20. The zero-order chi connectivity index (χ0) is 21.7. The first kappa shape index (κ1) is 22.1. The largest absolute Gasteiger partial charge is 0.247 e. The van der Waals surface area contributed by atoms with Gasteiger partial charge in [-0.15, -0.1) is 10.6 Å². The summed E-state index contributed by atoms with van der Waals surface area (Å²) in [5.74, 6) is 3.52. The molecule has 0 spiro atoms. The maximum atomic E-state index is 4.35. The smallest absolute Gasteiger partial charge is 0.146 e. The molecule has 0 amide bonds. The number of hydrogen-bond acceptors (Lipinski definition) is 2. The molecule has 1 heterocycles. The van der Waals surface area contributed by atoms with Crippen LogP contribution in [0.4, 0.5) is 0 Å². The fraction of sp³-hybridized carbons (Fsp3) is 0.385. The average molecular weight is 416 g/mol. The van der Waals surface area contributed by atoms with Crippen LogP contribution in [-0.2, 0) is 6.54 Å². The number of rotatable bonds is 6. The highest BCUT2D eigenvalue weighted by atomic mass is 28.3. The molecule has 0 saturated carbocycles. The SMILES string of the molecule is CC(C)[Si](C#Cc1ccc(-c2cn(Cc3ccccc3)nn2)cc1)(C(C)C)C(C)C. The molecule has 1 aromatic heterocycles. The van der Waals surface area contributed by atoms with Crippen LogP contribution in [-0.4, -0.2) is 23.1 Å². The van der Waals surface area contributed by atoms with Crippen molar-refractivity contribution in [3.05, 3.63) is 71.9 Å². The Morgan fingerprint density at radius 3 is 2.00 bits per heavy atom. The molecule has 0 aliphatic rings. The minimum absolute atomic E-state index is 0.643. The van der Waals surface area contributed by atoms with Crippen LogP contribution in [0.5, 0.6) is 0 Å². The molecule has 2 aromatic carbocycles. The van der Waals surface area contributed by atoms with Crippen LogP contribution >= 0.6 is 0 Å². The van der Waals surface area contributed by atoms with Crippen molar-refractivity contribution in [2.75, 3.05) is 0 Å². The summed E-state index contributed by atoms with van der Waals surface area (Å²) in [7, 11) is -1.71. The Kier molecular flexibility index (Phi) is 6.94. The van der Waals surface area contributed by atoms with E-state index in [0.29, 0.717) is 16.6 Å². The predicted octanol–water partition coefficient (Wildman–Crippen LogP) is 6.56. The molecular weight excluding hydrogens is 382 g/mol. The first-order chi connectivity index (χ1) is 14.3. The summed E-state index contributed by atoms with van der Waals surface area (Å²) in [6, 6.07) is 18.7. The van der Waals surface area contributed by atoms with Gasteiger partial charge >= 0.3 is 0 Å². The second-order valence-corrected chi connectivity index (χ2v) is 14.6. The van der Waals surface area contributed by atoms with Crippen molar-refractivity contribution in [3.63, 3.8) is 0 Å². The van der Waals surface area contributed by atoms with E-state index in [1.165, 1.54) is 5.56 Å². The van der Waals surface area contributed by atoms with Crippen LogP contribution in [0.2, 0.25) is 16.6 Å². The highest BCUT2D eigenvalue weighted by Gasteiger charge is 2.41. The van der Waals surface area contributed by atoms with Gasteiger partial charge in [0.15, 0.2) is 0 Å². The number of benzene rings is 2. The Hall–Kier alpha value is -2.64. The van der Waals surface area contributed by atoms with Gasteiger partial charge in [0.05, 0.1) is 12.7 Å². The van der Waals surface area contributed by atoms with Gasteiger partial charge in [-0.3, -0.25) is 0 Å². The van der Waals surface area contributed by atoms with Gasteiger partial charge in [-0.2, -0.15) is 0 Å². The molecule has 0 unspecified atom stereocenters. The lowest BCUT2D eigenvalue weighted by atomic mass is 10.1. The highest BCUT2D eigenvalue weighted by molar-refractivity contribution is 6.90. The molecule has 3 aromatic rings. The Bertz CT molecular complexity index is 984. The first-order valence-corrected chi connectivity index (χ1v) is 13.1. The van der Waals surface area contributed by atoms with E-state index in [9.17, 15) is 0 Å². The molecular formula is C26H33N3Si. The second kappa shape index (κ2) is 9.45. The average Bonchev–Trinajstić information content (AvgIpc) is 3.17. The van der Waals surface area contributed by atoms with Gasteiger partial charge in [0.2, 0.25) is 0 Å². The molecule has 4 heteroatoms. The van der Waals surface area contributed by atoms with Crippen molar-refractivity contribution >= 4 is 8.07 Å². The van der Waals surface area contributed by atoms with Crippen LogP contribution in [0.1, 0.15) is 52.7 Å². The Labute approximate surface area is 182 Å². The van der Waals surface area contributed by atoms with E-state index >= 15 is 0 Å². The summed E-state index contributed by atoms with van der Waals surface area (Å²) in [6.07, 6.45) is 2.00. The summed E-state index contributed by atoms with van der Waals surface area (Å²) in [5, 5.41) is 8.63. The molecule has 0 radical (unpaired) electrons. The van der Waals surface area contributed by atoms with E-state index in [-0.39, 0.29) is 0 Å². The molecule has 0 aliphatic heterocycles. The summed E-state index contributed by atoms with van der Waals surface area (Å²) >= 11 is 0. The molecule has 30 heavy (non-hydrogen) atoms. The quantitative estimate of drug-likeness (QED) is 0.337. The fourth-order valence-electron chi connectivity index (χ4n) is 4.62. The van der Waals surface area contributed by atoms with Crippen molar-refractivity contribution in [1.82, 2.24) is 15.0 Å². The van der Waals surface area contributed by atoms with Crippen LogP contribution < -0.4 is 0 Å². The lowest BCUT2D eigenvalue weighted by Crippen LogP contribution is -2.43. The van der Waals surface area contributed by atoms with E-state index in [0.717, 1.165) is 23.4 Å². The zero-order valence-electron chi connectivity index (χ0n) is 19.1. The monoisotopic (exact) mass is 415 g/mol. The third kappa shape index (κ3) is 4.74. The van der Waals surface area contributed by atoms with Crippen molar-refractivity contribution in [2.45, 2.75) is 64.7 Å². The molecule has 3 nitrogen and oxygen atoms in total. The molecule has 0 N–H and O–H groups in total. The lowest BCUT2D eigenvalue weighted by molar-refractivity contribution is 0.650. The standard InChI is InChI=1S/C26H33N3Si/c1-20(2)30(21(3)4,22(5)6)17-16-23-12-14-25(15-13-23)26-19-29(28-27-26)18-24-10-8-7-9-11-24/h7-15,19-22H,18H2,1-6H3. The summed E-state index contributed by atoms with van der Waals surface area (Å²) < 4.78 is 1.88. The lowest BCUT2D eigenvalue weighted by Gasteiger charge is -2.38. The van der Waals surface area contributed by atoms with E-state index in [1.54, 1.807) is 0 Å². The molecule has 0 fully saturated rings. The number of hydrogen-bond donors (Lipinski definition) is 0. The summed E-state index contributed by atoms with van der Waals surface area (Å²) in [5.41, 5.74) is 9.98. The minimum Gasteiger partial charge on any atom is -0.247 e. The topological polar surface area (TPSA) is 30.7 Å². The van der Waals surface area contributed by atoms with Gasteiger partial charge < -0.3 is 0 Å². The highest BCUT2D eigenvalue weighted by Crippen LogP contribution is 2.40. The fourth-order valence-corrected chi connectivity index (χ4v) is 9.84. The molecule has 0 bridgehead atoms. The van der Waals surface area contributed by atoms with Gasteiger partial charge in [0.25, 0.3) is 0 Å². The summed E-state index contributed by atoms with van der Waals surface area (Å²) in [4.78, 5) is 0. The minimum atomic E-state index is -1.71. The van der Waals surface area contributed by atoms with Crippen LogP contribution in [0.15, 0.2) is 60.8 Å². The normalized spacial score (nSPS) is 11.8.